The lowest BCUT2D eigenvalue weighted by Crippen LogP contribution is -2.49. The molecule has 2 aromatic carbocycles. The van der Waals surface area contributed by atoms with Crippen molar-refractivity contribution in [3.63, 3.8) is 0 Å². The van der Waals surface area contributed by atoms with Crippen LogP contribution in [0.1, 0.15) is 61.2 Å². The van der Waals surface area contributed by atoms with Crippen molar-refractivity contribution in [1.29, 1.82) is 0 Å². The molecule has 0 bridgehead atoms. The van der Waals surface area contributed by atoms with Crippen LogP contribution in [0.5, 0.6) is 0 Å². The van der Waals surface area contributed by atoms with Crippen molar-refractivity contribution in [2.45, 2.75) is 57.7 Å². The van der Waals surface area contributed by atoms with E-state index in [0.717, 1.165) is 35.9 Å². The van der Waals surface area contributed by atoms with Gasteiger partial charge in [0.1, 0.15) is 11.6 Å². The van der Waals surface area contributed by atoms with Gasteiger partial charge >= 0.3 is 0 Å². The van der Waals surface area contributed by atoms with E-state index in [2.05, 4.69) is 16.8 Å². The Hall–Kier alpha value is -2.42. The molecule has 3 heterocycles. The molecule has 5 rings (SSSR count). The van der Waals surface area contributed by atoms with Crippen LogP contribution in [-0.4, -0.2) is 58.5 Å². The zero-order valence-electron chi connectivity index (χ0n) is 20.7. The van der Waals surface area contributed by atoms with E-state index in [-0.39, 0.29) is 23.1 Å². The van der Waals surface area contributed by atoms with Gasteiger partial charge in [0.05, 0.1) is 18.7 Å². The third-order valence-corrected chi connectivity index (χ3v) is 7.84. The Kier molecular flexibility index (Phi) is 7.12. The molecule has 1 fully saturated rings. The van der Waals surface area contributed by atoms with E-state index >= 15 is 8.78 Å². The van der Waals surface area contributed by atoms with Crippen LogP contribution in [0.15, 0.2) is 36.4 Å². The Morgan fingerprint density at radius 1 is 1.11 bits per heavy atom. The fourth-order valence-electron chi connectivity index (χ4n) is 5.94. The predicted molar refractivity (Wildman–Crippen MR) is 132 cm³/mol. The van der Waals surface area contributed by atoms with Crippen LogP contribution in [0.25, 0.3) is 10.9 Å². The van der Waals surface area contributed by atoms with Gasteiger partial charge in [0, 0.05) is 47.2 Å². The number of H-pyrrole nitrogens is 1. The minimum Gasteiger partial charge on any atom is -0.388 e. The van der Waals surface area contributed by atoms with Crippen LogP contribution in [0, 0.1) is 17.6 Å². The van der Waals surface area contributed by atoms with Gasteiger partial charge in [0.2, 0.25) is 0 Å². The van der Waals surface area contributed by atoms with E-state index in [1.807, 2.05) is 31.2 Å². The first-order chi connectivity index (χ1) is 17.3. The number of unbranched alkanes of at least 4 members (excludes halogenated alkanes) is 1. The minimum absolute atomic E-state index is 0.0863. The van der Waals surface area contributed by atoms with Gasteiger partial charge in [-0.3, -0.25) is 4.90 Å². The number of fused-ring (bicyclic) bond motifs is 3. The highest BCUT2D eigenvalue weighted by molar-refractivity contribution is 5.85. The van der Waals surface area contributed by atoms with Crippen LogP contribution in [0.3, 0.4) is 0 Å². The Morgan fingerprint density at radius 3 is 2.47 bits per heavy atom. The third-order valence-electron chi connectivity index (χ3n) is 7.84. The Morgan fingerprint density at radius 2 is 1.81 bits per heavy atom. The average molecular weight is 504 g/mol. The summed E-state index contributed by atoms with van der Waals surface area (Å²) in [6.45, 7) is 5.66. The number of nitrogens with one attached hydrogen (secondary N) is 1. The fraction of sp³-hybridized carbons (Fsp3) is 0.500. The molecule has 0 aliphatic carbocycles. The van der Waals surface area contributed by atoms with E-state index in [4.69, 9.17) is 0 Å². The van der Waals surface area contributed by atoms with Crippen LogP contribution >= 0.6 is 0 Å². The lowest BCUT2D eigenvalue weighted by molar-refractivity contribution is -0.00584. The van der Waals surface area contributed by atoms with E-state index < -0.39 is 36.8 Å². The van der Waals surface area contributed by atoms with Gasteiger partial charge in [-0.2, -0.15) is 0 Å². The molecule has 3 aromatic rings. The smallest absolute Gasteiger partial charge is 0.251 e. The number of halogens is 4. The largest absolute Gasteiger partial charge is 0.388 e. The van der Waals surface area contributed by atoms with Crippen LogP contribution in [0.4, 0.5) is 17.6 Å². The zero-order chi connectivity index (χ0) is 25.6. The molecule has 36 heavy (non-hydrogen) atoms. The number of alkyl halides is 2. The molecule has 194 valence electrons. The summed E-state index contributed by atoms with van der Waals surface area (Å²) < 4.78 is 58.6. The molecule has 0 amide bonds. The molecule has 8 heteroatoms. The lowest BCUT2D eigenvalue weighted by atomic mass is 9.85. The molecular formula is C28H33F4N3O. The Bertz CT molecular complexity index is 1200. The van der Waals surface area contributed by atoms with Crippen LogP contribution < -0.4 is 0 Å². The van der Waals surface area contributed by atoms with Gasteiger partial charge in [-0.1, -0.05) is 31.5 Å². The predicted octanol–water partition coefficient (Wildman–Crippen LogP) is 5.81. The summed E-state index contributed by atoms with van der Waals surface area (Å²) in [4.78, 5) is 6.97. The number of aliphatic hydroxyl groups is 1. The number of aliphatic hydroxyl groups excluding tert-OH is 1. The first-order valence-corrected chi connectivity index (χ1v) is 12.8. The van der Waals surface area contributed by atoms with E-state index in [9.17, 15) is 13.9 Å². The molecule has 2 N–H and O–H groups in total. The normalized spacial score (nSPS) is 22.2. The standard InChI is InChI=1S/C28H33F4N3O/c1-3-4-9-34-13-18(14-34)28(36)17-11-21(29)25(22(30)12-17)27-26-20(10-16(2)35(27)15-24(31)32)19-7-5-6-8-23(19)33-26/h5-8,11-12,16,18,24,27-28,33,36H,3-4,9-10,13-15H2,1-2H3/t16-,27-,28+/m1/s1. The molecule has 4 nitrogen and oxygen atoms in total. The molecule has 1 saturated heterocycles. The molecule has 3 atom stereocenters. The second-order valence-corrected chi connectivity index (χ2v) is 10.3. The summed E-state index contributed by atoms with van der Waals surface area (Å²) in [6, 6.07) is 8.56. The maximum absolute atomic E-state index is 15.7. The summed E-state index contributed by atoms with van der Waals surface area (Å²) >= 11 is 0. The summed E-state index contributed by atoms with van der Waals surface area (Å²) in [7, 11) is 0. The highest BCUT2D eigenvalue weighted by atomic mass is 19.3. The van der Waals surface area contributed by atoms with E-state index in [0.29, 0.717) is 25.2 Å². The van der Waals surface area contributed by atoms with Gasteiger partial charge in [-0.05, 0) is 55.6 Å². The van der Waals surface area contributed by atoms with Crippen LogP contribution in [0.2, 0.25) is 0 Å². The number of nitrogens with zero attached hydrogens (tertiary/aromatic N) is 2. The first kappa shape index (κ1) is 25.2. The van der Waals surface area contributed by atoms with Crippen molar-refractivity contribution in [2.75, 3.05) is 26.2 Å². The average Bonchev–Trinajstić information content (AvgIpc) is 3.17. The van der Waals surface area contributed by atoms with Crippen molar-refractivity contribution in [1.82, 2.24) is 14.8 Å². The topological polar surface area (TPSA) is 42.5 Å². The second-order valence-electron chi connectivity index (χ2n) is 10.3. The van der Waals surface area contributed by atoms with Gasteiger partial charge in [0.25, 0.3) is 6.43 Å². The van der Waals surface area contributed by atoms with Crippen molar-refractivity contribution in [3.8, 4) is 0 Å². The second kappa shape index (κ2) is 10.1. The number of aromatic amines is 1. The third kappa shape index (κ3) is 4.55. The van der Waals surface area contributed by atoms with Crippen LogP contribution in [-0.2, 0) is 6.42 Å². The molecule has 1 aromatic heterocycles. The molecule has 2 aliphatic heterocycles. The van der Waals surface area contributed by atoms with Gasteiger partial charge in [-0.25, -0.2) is 17.6 Å². The molecule has 0 unspecified atom stereocenters. The monoisotopic (exact) mass is 503 g/mol. The zero-order valence-corrected chi connectivity index (χ0v) is 20.7. The number of aromatic nitrogens is 1. The lowest BCUT2D eigenvalue weighted by Gasteiger charge is -2.42. The summed E-state index contributed by atoms with van der Waals surface area (Å²) in [5.74, 6) is -1.74. The minimum atomic E-state index is -2.65. The van der Waals surface area contributed by atoms with Crippen molar-refractivity contribution < 1.29 is 22.7 Å². The molecular weight excluding hydrogens is 470 g/mol. The number of benzene rings is 2. The molecule has 2 aliphatic rings. The maximum Gasteiger partial charge on any atom is 0.251 e. The number of hydrogen-bond acceptors (Lipinski definition) is 3. The number of likely N-dealkylation sites (tertiary alicyclic amines) is 1. The number of para-hydroxylation sites is 1. The number of rotatable bonds is 8. The van der Waals surface area contributed by atoms with Gasteiger partial charge < -0.3 is 15.0 Å². The maximum atomic E-state index is 15.7. The van der Waals surface area contributed by atoms with E-state index in [1.165, 1.54) is 17.0 Å². The number of hydrogen-bond donors (Lipinski definition) is 2. The Balaban J connectivity index is 1.51. The highest BCUT2D eigenvalue weighted by Crippen LogP contribution is 2.43. The van der Waals surface area contributed by atoms with Crippen molar-refractivity contribution in [2.24, 2.45) is 5.92 Å². The Labute approximate surface area is 208 Å². The van der Waals surface area contributed by atoms with Crippen molar-refractivity contribution >= 4 is 10.9 Å². The van der Waals surface area contributed by atoms with Gasteiger partial charge in [0.15, 0.2) is 0 Å². The van der Waals surface area contributed by atoms with Gasteiger partial charge in [-0.15, -0.1) is 0 Å². The SMILES string of the molecule is CCCCN1CC([C@@H](O)c2cc(F)c([C@@H]3c4[nH]c5ccccc5c4C[C@@H](C)N3CC(F)F)c(F)c2)C1. The van der Waals surface area contributed by atoms with Crippen molar-refractivity contribution in [3.05, 3.63) is 70.4 Å². The summed E-state index contributed by atoms with van der Waals surface area (Å²) in [6.07, 6.45) is -0.971. The molecule has 0 radical (unpaired) electrons. The summed E-state index contributed by atoms with van der Waals surface area (Å²) in [5.41, 5.74) is 2.19. The molecule has 0 saturated carbocycles. The quantitative estimate of drug-likeness (QED) is 0.381. The molecule has 0 spiro atoms. The van der Waals surface area contributed by atoms with E-state index in [1.54, 1.807) is 0 Å². The highest BCUT2D eigenvalue weighted by Gasteiger charge is 2.40. The summed E-state index contributed by atoms with van der Waals surface area (Å²) in [5, 5.41) is 11.8. The first-order valence-electron chi connectivity index (χ1n) is 12.8. The fourth-order valence-corrected chi connectivity index (χ4v) is 5.94.